The van der Waals surface area contributed by atoms with E-state index in [0.717, 1.165) is 41.6 Å². The third-order valence-electron chi connectivity index (χ3n) is 4.73. The molecule has 0 bridgehead atoms. The van der Waals surface area contributed by atoms with Crippen molar-refractivity contribution >= 4 is 22.6 Å². The van der Waals surface area contributed by atoms with Crippen LogP contribution in [0.15, 0.2) is 47.1 Å². The molecule has 0 fully saturated rings. The van der Waals surface area contributed by atoms with Gasteiger partial charge < -0.3 is 14.4 Å². The van der Waals surface area contributed by atoms with Gasteiger partial charge in [-0.2, -0.15) is 0 Å². The highest BCUT2D eigenvalue weighted by molar-refractivity contribution is 6.32. The molecule has 0 radical (unpaired) electrons. The van der Waals surface area contributed by atoms with Crippen LogP contribution in [0, 0.1) is 0 Å². The average Bonchev–Trinajstić information content (AvgIpc) is 2.96. The second-order valence-electron chi connectivity index (χ2n) is 6.25. The number of hydrogen-bond acceptors (Lipinski definition) is 3. The number of nitrogens with zero attached hydrogens (tertiary/aromatic N) is 1. The second-order valence-corrected chi connectivity index (χ2v) is 6.66. The van der Waals surface area contributed by atoms with E-state index < -0.39 is 0 Å². The molecule has 1 N–H and O–H groups in total. The fourth-order valence-electron chi connectivity index (χ4n) is 3.53. The molecule has 2 heterocycles. The van der Waals surface area contributed by atoms with Gasteiger partial charge in [0.15, 0.2) is 0 Å². The maximum absolute atomic E-state index is 10.1. The van der Waals surface area contributed by atoms with Crippen LogP contribution >= 0.6 is 11.6 Å². The normalized spacial score (nSPS) is 18.8. The van der Waals surface area contributed by atoms with Crippen LogP contribution in [0.25, 0.3) is 11.0 Å². The van der Waals surface area contributed by atoms with E-state index in [2.05, 4.69) is 30.1 Å². The van der Waals surface area contributed by atoms with Crippen LogP contribution in [0.1, 0.15) is 22.6 Å². The molecule has 2 aromatic carbocycles. The van der Waals surface area contributed by atoms with Crippen molar-refractivity contribution in [2.24, 2.45) is 0 Å². The Morgan fingerprint density at radius 2 is 2.09 bits per heavy atom. The average molecular weight is 328 g/mol. The molecule has 4 heteroatoms. The molecule has 1 aromatic heterocycles. The summed E-state index contributed by atoms with van der Waals surface area (Å²) in [6, 6.07) is 11.9. The lowest BCUT2D eigenvalue weighted by Crippen LogP contribution is -2.24. The maximum Gasteiger partial charge on any atom is 0.137 e. The third kappa shape index (κ3) is 2.50. The summed E-state index contributed by atoms with van der Waals surface area (Å²) in [5, 5.41) is 11.6. The number of benzene rings is 2. The predicted molar refractivity (Wildman–Crippen MR) is 92.4 cm³/mol. The van der Waals surface area contributed by atoms with Gasteiger partial charge in [0.05, 0.1) is 11.3 Å². The summed E-state index contributed by atoms with van der Waals surface area (Å²) in [6.07, 6.45) is 2.66. The second kappa shape index (κ2) is 5.59. The van der Waals surface area contributed by atoms with Crippen molar-refractivity contribution in [3.8, 4) is 5.75 Å². The molecule has 3 aromatic rings. The van der Waals surface area contributed by atoms with Crippen molar-refractivity contribution in [1.29, 1.82) is 0 Å². The van der Waals surface area contributed by atoms with E-state index in [4.69, 9.17) is 16.0 Å². The third-order valence-corrected chi connectivity index (χ3v) is 5.03. The van der Waals surface area contributed by atoms with E-state index in [0.29, 0.717) is 5.02 Å². The van der Waals surface area contributed by atoms with E-state index in [1.165, 1.54) is 5.56 Å². The summed E-state index contributed by atoms with van der Waals surface area (Å²) in [5.74, 6) is 0.294. The minimum Gasteiger partial charge on any atom is -0.506 e. The van der Waals surface area contributed by atoms with Gasteiger partial charge in [-0.1, -0.05) is 29.8 Å². The van der Waals surface area contributed by atoms with Gasteiger partial charge in [0.25, 0.3) is 0 Å². The predicted octanol–water partition coefficient (Wildman–Crippen LogP) is 4.41. The zero-order valence-electron chi connectivity index (χ0n) is 12.9. The molecular formula is C19H18ClNO2. The van der Waals surface area contributed by atoms with Crippen molar-refractivity contribution in [3.05, 3.63) is 64.4 Å². The van der Waals surface area contributed by atoms with Crippen LogP contribution in [-0.4, -0.2) is 30.1 Å². The monoisotopic (exact) mass is 327 g/mol. The molecule has 118 valence electrons. The Morgan fingerprint density at radius 1 is 1.22 bits per heavy atom. The Morgan fingerprint density at radius 3 is 2.96 bits per heavy atom. The van der Waals surface area contributed by atoms with Gasteiger partial charge in [-0.25, -0.2) is 0 Å². The first-order valence-electron chi connectivity index (χ1n) is 7.79. The fourth-order valence-corrected chi connectivity index (χ4v) is 3.72. The van der Waals surface area contributed by atoms with Crippen LogP contribution in [0.4, 0.5) is 0 Å². The molecule has 0 spiro atoms. The van der Waals surface area contributed by atoms with Crippen molar-refractivity contribution in [3.63, 3.8) is 0 Å². The highest BCUT2D eigenvalue weighted by atomic mass is 35.5. The number of fused-ring (bicyclic) bond motifs is 2. The van der Waals surface area contributed by atoms with Crippen LogP contribution in [-0.2, 0) is 6.42 Å². The number of phenolic OH excluding ortho intramolecular Hbond substituents is 1. The van der Waals surface area contributed by atoms with Crippen molar-refractivity contribution < 1.29 is 9.52 Å². The Kier molecular flexibility index (Phi) is 3.55. The summed E-state index contributed by atoms with van der Waals surface area (Å²) >= 11 is 6.12. The number of halogens is 1. The first kappa shape index (κ1) is 14.6. The molecule has 4 rings (SSSR count). The van der Waals surface area contributed by atoms with Crippen LogP contribution in [0.5, 0.6) is 5.75 Å². The summed E-state index contributed by atoms with van der Waals surface area (Å²) in [6.45, 7) is 1.85. The number of aromatic hydroxyl groups is 1. The van der Waals surface area contributed by atoms with Gasteiger partial charge in [-0.05, 0) is 42.8 Å². The summed E-state index contributed by atoms with van der Waals surface area (Å²) in [7, 11) is 2.13. The highest BCUT2D eigenvalue weighted by Gasteiger charge is 2.26. The summed E-state index contributed by atoms with van der Waals surface area (Å²) < 4.78 is 5.74. The van der Waals surface area contributed by atoms with Crippen molar-refractivity contribution in [2.75, 3.05) is 20.1 Å². The quantitative estimate of drug-likeness (QED) is 0.719. The lowest BCUT2D eigenvalue weighted by atomic mass is 9.87. The number of furan rings is 1. The number of likely N-dealkylation sites (N-methyl/N-ethyl adjacent to an activating group) is 1. The van der Waals surface area contributed by atoms with Crippen LogP contribution in [0.2, 0.25) is 5.02 Å². The Hall–Kier alpha value is -1.97. The zero-order valence-corrected chi connectivity index (χ0v) is 13.7. The number of phenols is 1. The topological polar surface area (TPSA) is 36.6 Å². The van der Waals surface area contributed by atoms with Gasteiger partial charge in [0.1, 0.15) is 11.3 Å². The van der Waals surface area contributed by atoms with E-state index in [9.17, 15) is 5.11 Å². The number of para-hydroxylation sites is 1. The van der Waals surface area contributed by atoms with E-state index >= 15 is 0 Å². The van der Waals surface area contributed by atoms with Gasteiger partial charge in [0, 0.05) is 30.0 Å². The molecule has 0 amide bonds. The summed E-state index contributed by atoms with van der Waals surface area (Å²) in [4.78, 5) is 2.32. The molecule has 1 aliphatic heterocycles. The van der Waals surface area contributed by atoms with E-state index in [-0.39, 0.29) is 11.7 Å². The molecule has 23 heavy (non-hydrogen) atoms. The van der Waals surface area contributed by atoms with Gasteiger partial charge in [-0.3, -0.25) is 0 Å². The minimum absolute atomic E-state index is 0.145. The standard InChI is InChI=1S/C19H18ClNO2/c1-21-7-5-13-9-17(20)18(22)10-15(13)16(11-21)14-4-2-3-12-6-8-23-19(12)14/h2-4,6,8-10,16,22H,5,7,11H2,1H3/t16-/m1/s1. The molecule has 0 aliphatic carbocycles. The molecule has 1 atom stereocenters. The summed E-state index contributed by atoms with van der Waals surface area (Å²) in [5.41, 5.74) is 4.42. The molecule has 0 unspecified atom stereocenters. The number of rotatable bonds is 1. The number of hydrogen-bond donors (Lipinski definition) is 1. The SMILES string of the molecule is CN1CCc2cc(Cl)c(O)cc2[C@@H](c2cccc3ccoc23)C1. The lowest BCUT2D eigenvalue weighted by Gasteiger charge is -2.22. The smallest absolute Gasteiger partial charge is 0.137 e. The van der Waals surface area contributed by atoms with E-state index in [1.807, 2.05) is 18.2 Å². The van der Waals surface area contributed by atoms with Crippen LogP contribution < -0.4 is 0 Å². The Labute approximate surface area is 140 Å². The maximum atomic E-state index is 10.1. The fraction of sp³-hybridized carbons (Fsp3) is 0.263. The molecule has 0 saturated heterocycles. The van der Waals surface area contributed by atoms with Crippen molar-refractivity contribution in [1.82, 2.24) is 4.90 Å². The molecule has 1 aliphatic rings. The lowest BCUT2D eigenvalue weighted by molar-refractivity contribution is 0.337. The first-order chi connectivity index (χ1) is 11.1. The molecular weight excluding hydrogens is 310 g/mol. The zero-order chi connectivity index (χ0) is 16.0. The Balaban J connectivity index is 1.93. The van der Waals surface area contributed by atoms with Gasteiger partial charge >= 0.3 is 0 Å². The Bertz CT molecular complexity index is 871. The van der Waals surface area contributed by atoms with Crippen LogP contribution in [0.3, 0.4) is 0 Å². The largest absolute Gasteiger partial charge is 0.506 e. The minimum atomic E-state index is 0.145. The van der Waals surface area contributed by atoms with Gasteiger partial charge in [0.2, 0.25) is 0 Å². The molecule has 3 nitrogen and oxygen atoms in total. The van der Waals surface area contributed by atoms with Gasteiger partial charge in [-0.15, -0.1) is 0 Å². The highest BCUT2D eigenvalue weighted by Crippen LogP contribution is 2.39. The first-order valence-corrected chi connectivity index (χ1v) is 8.17. The van der Waals surface area contributed by atoms with E-state index in [1.54, 1.807) is 6.26 Å². The van der Waals surface area contributed by atoms with Crippen molar-refractivity contribution in [2.45, 2.75) is 12.3 Å². The molecule has 0 saturated carbocycles.